The molecule has 1 fully saturated rings. The molecule has 0 aliphatic carbocycles. The van der Waals surface area contributed by atoms with Crippen LogP contribution in [-0.2, 0) is 11.3 Å². The van der Waals surface area contributed by atoms with Crippen LogP contribution in [0.3, 0.4) is 0 Å². The number of piperazine rings is 1. The Hall–Kier alpha value is -2.97. The first kappa shape index (κ1) is 21.3. The molecule has 0 spiro atoms. The minimum absolute atomic E-state index is 0.0965. The van der Waals surface area contributed by atoms with Gasteiger partial charge in [0.2, 0.25) is 5.91 Å². The zero-order chi connectivity index (χ0) is 21.8. The van der Waals surface area contributed by atoms with Crippen LogP contribution >= 0.6 is 12.2 Å². The van der Waals surface area contributed by atoms with Crippen LogP contribution < -0.4 is 10.2 Å². The van der Waals surface area contributed by atoms with Crippen molar-refractivity contribution < 1.29 is 4.79 Å². The lowest BCUT2D eigenvalue weighted by molar-refractivity contribution is -0.116. The molecule has 1 aliphatic heterocycles. The van der Waals surface area contributed by atoms with Gasteiger partial charge in [-0.05, 0) is 50.0 Å². The number of aromatic amines is 1. The Morgan fingerprint density at radius 3 is 2.39 bits per heavy atom. The molecular formula is C23H28N6OS. The van der Waals surface area contributed by atoms with Gasteiger partial charge < -0.3 is 15.1 Å². The van der Waals surface area contributed by atoms with E-state index in [9.17, 15) is 4.79 Å². The fourth-order valence-electron chi connectivity index (χ4n) is 3.81. The van der Waals surface area contributed by atoms with Crippen LogP contribution in [0.25, 0.3) is 11.4 Å². The zero-order valence-electron chi connectivity index (χ0n) is 18.0. The van der Waals surface area contributed by atoms with Gasteiger partial charge in [-0.15, -0.1) is 0 Å². The first-order valence-corrected chi connectivity index (χ1v) is 11.0. The Morgan fingerprint density at radius 2 is 1.74 bits per heavy atom. The number of carbonyl (C=O) groups is 1. The Morgan fingerprint density at radius 1 is 1.06 bits per heavy atom. The van der Waals surface area contributed by atoms with E-state index in [4.69, 9.17) is 12.2 Å². The van der Waals surface area contributed by atoms with Crippen LogP contribution in [0.1, 0.15) is 12.5 Å². The molecule has 1 amide bonds. The van der Waals surface area contributed by atoms with E-state index in [1.165, 1.54) is 5.69 Å². The predicted molar refractivity (Wildman–Crippen MR) is 127 cm³/mol. The van der Waals surface area contributed by atoms with Crippen molar-refractivity contribution in [1.29, 1.82) is 0 Å². The van der Waals surface area contributed by atoms with Gasteiger partial charge in [-0.25, -0.2) is 0 Å². The number of aromatic nitrogens is 3. The first-order valence-electron chi connectivity index (χ1n) is 10.6. The van der Waals surface area contributed by atoms with Gasteiger partial charge >= 0.3 is 0 Å². The highest BCUT2D eigenvalue weighted by Crippen LogP contribution is 2.21. The third-order valence-corrected chi connectivity index (χ3v) is 6.02. The topological polar surface area (TPSA) is 69.2 Å². The lowest BCUT2D eigenvalue weighted by atomic mass is 10.1. The van der Waals surface area contributed by atoms with Crippen LogP contribution in [0.15, 0.2) is 48.5 Å². The molecule has 0 saturated carbocycles. The number of nitrogens with one attached hydrogen (secondary N) is 2. The minimum Gasteiger partial charge on any atom is -0.369 e. The monoisotopic (exact) mass is 436 g/mol. The number of nitrogens with zero attached hydrogens (tertiary/aromatic N) is 4. The Bertz CT molecular complexity index is 1080. The maximum absolute atomic E-state index is 12.7. The van der Waals surface area contributed by atoms with E-state index in [1.807, 2.05) is 43.3 Å². The van der Waals surface area contributed by atoms with E-state index < -0.39 is 0 Å². The van der Waals surface area contributed by atoms with Crippen molar-refractivity contribution in [3.8, 4) is 11.4 Å². The molecule has 4 rings (SSSR count). The second-order valence-electron chi connectivity index (χ2n) is 7.82. The molecule has 2 heterocycles. The lowest BCUT2D eigenvalue weighted by Gasteiger charge is -2.35. The molecule has 0 unspecified atom stereocenters. The van der Waals surface area contributed by atoms with Crippen molar-refractivity contribution in [3.05, 3.63) is 58.9 Å². The number of benzene rings is 2. The van der Waals surface area contributed by atoms with Crippen molar-refractivity contribution in [2.24, 2.45) is 0 Å². The smallest absolute Gasteiger partial charge is 0.244 e. The fourth-order valence-corrected chi connectivity index (χ4v) is 4.01. The first-order chi connectivity index (χ1) is 15.0. The number of rotatable bonds is 6. The van der Waals surface area contributed by atoms with Gasteiger partial charge in [0.25, 0.3) is 0 Å². The van der Waals surface area contributed by atoms with Gasteiger partial charge in [0.15, 0.2) is 10.6 Å². The molecule has 1 saturated heterocycles. The van der Waals surface area contributed by atoms with Gasteiger partial charge in [-0.2, -0.15) is 5.10 Å². The highest BCUT2D eigenvalue weighted by molar-refractivity contribution is 7.71. The molecular weight excluding hydrogens is 408 g/mol. The number of H-pyrrole nitrogens is 1. The summed E-state index contributed by atoms with van der Waals surface area (Å²) in [5.41, 5.74) is 4.04. The second kappa shape index (κ2) is 9.45. The molecule has 7 nitrogen and oxygen atoms in total. The maximum atomic E-state index is 12.7. The molecule has 8 heteroatoms. The van der Waals surface area contributed by atoms with Crippen molar-refractivity contribution in [2.45, 2.75) is 20.4 Å². The summed E-state index contributed by atoms with van der Waals surface area (Å²) in [6, 6.07) is 16.0. The van der Waals surface area contributed by atoms with Crippen molar-refractivity contribution in [1.82, 2.24) is 19.7 Å². The Balaban J connectivity index is 1.40. The van der Waals surface area contributed by atoms with Crippen LogP contribution in [0.5, 0.6) is 0 Å². The number of likely N-dealkylation sites (N-methyl/N-ethyl adjacent to an activating group) is 1. The third kappa shape index (κ3) is 5.03. The maximum Gasteiger partial charge on any atom is 0.244 e. The summed E-state index contributed by atoms with van der Waals surface area (Å²) >= 11 is 5.34. The second-order valence-corrected chi connectivity index (χ2v) is 8.21. The quantitative estimate of drug-likeness (QED) is 0.577. The predicted octanol–water partition coefficient (Wildman–Crippen LogP) is 3.70. The standard InChI is InChI=1S/C23H28N6OS/c1-3-27-12-14-28(15-13-27)20-10-8-19(9-11-20)24-21(30)16-29-22(25-26-23(29)31)18-6-4-17(2)5-7-18/h4-11H,3,12-16H2,1-2H3,(H,24,30)(H,26,31). The number of hydrogen-bond acceptors (Lipinski definition) is 5. The van der Waals surface area contributed by atoms with Gasteiger partial charge in [-0.1, -0.05) is 36.8 Å². The highest BCUT2D eigenvalue weighted by Gasteiger charge is 2.16. The molecule has 0 radical (unpaired) electrons. The molecule has 2 N–H and O–H groups in total. The largest absolute Gasteiger partial charge is 0.369 e. The molecule has 2 aromatic carbocycles. The summed E-state index contributed by atoms with van der Waals surface area (Å²) in [5, 5.41) is 10.1. The van der Waals surface area contributed by atoms with E-state index in [-0.39, 0.29) is 12.5 Å². The number of amides is 1. The summed E-state index contributed by atoms with van der Waals surface area (Å²) in [6.45, 7) is 9.66. The van der Waals surface area contributed by atoms with Crippen molar-refractivity contribution in [2.75, 3.05) is 42.9 Å². The van der Waals surface area contributed by atoms with Crippen LogP contribution in [0.2, 0.25) is 0 Å². The minimum atomic E-state index is -0.143. The summed E-state index contributed by atoms with van der Waals surface area (Å²) < 4.78 is 2.14. The SMILES string of the molecule is CCN1CCN(c2ccc(NC(=O)Cn3c(-c4ccc(C)cc4)n[nH]c3=S)cc2)CC1. The summed E-state index contributed by atoms with van der Waals surface area (Å²) in [5.74, 6) is 0.511. The number of aryl methyl sites for hydroxylation is 1. The zero-order valence-corrected chi connectivity index (χ0v) is 18.8. The average Bonchev–Trinajstić information content (AvgIpc) is 3.15. The van der Waals surface area contributed by atoms with E-state index in [0.717, 1.165) is 49.5 Å². The van der Waals surface area contributed by atoms with E-state index in [0.29, 0.717) is 10.6 Å². The summed E-state index contributed by atoms with van der Waals surface area (Å²) in [4.78, 5) is 17.5. The van der Waals surface area contributed by atoms with E-state index in [1.54, 1.807) is 4.57 Å². The average molecular weight is 437 g/mol. The van der Waals surface area contributed by atoms with Crippen LogP contribution in [0.4, 0.5) is 11.4 Å². The van der Waals surface area contributed by atoms with E-state index >= 15 is 0 Å². The molecule has 0 atom stereocenters. The number of carbonyl (C=O) groups excluding carboxylic acids is 1. The molecule has 162 valence electrons. The molecule has 31 heavy (non-hydrogen) atoms. The van der Waals surface area contributed by atoms with Gasteiger partial charge in [-0.3, -0.25) is 14.5 Å². The van der Waals surface area contributed by atoms with Crippen molar-refractivity contribution >= 4 is 29.5 Å². The van der Waals surface area contributed by atoms with E-state index in [2.05, 4.69) is 44.4 Å². The number of anilines is 2. The third-order valence-electron chi connectivity index (χ3n) is 5.71. The Kier molecular flexibility index (Phi) is 6.48. The Labute approximate surface area is 187 Å². The molecule has 1 aromatic heterocycles. The van der Waals surface area contributed by atoms with Gasteiger partial charge in [0.05, 0.1) is 0 Å². The summed E-state index contributed by atoms with van der Waals surface area (Å²) in [7, 11) is 0. The van der Waals surface area contributed by atoms with Crippen molar-refractivity contribution in [3.63, 3.8) is 0 Å². The normalized spacial score (nSPS) is 14.6. The van der Waals surface area contributed by atoms with Crippen LogP contribution in [0, 0.1) is 11.7 Å². The van der Waals surface area contributed by atoms with Gasteiger partial charge in [0.1, 0.15) is 6.54 Å². The lowest BCUT2D eigenvalue weighted by Crippen LogP contribution is -2.46. The van der Waals surface area contributed by atoms with Gasteiger partial charge in [0, 0.05) is 43.1 Å². The fraction of sp³-hybridized carbons (Fsp3) is 0.348. The summed E-state index contributed by atoms with van der Waals surface area (Å²) in [6.07, 6.45) is 0. The van der Waals surface area contributed by atoms with Crippen LogP contribution in [-0.4, -0.2) is 58.3 Å². The molecule has 1 aliphatic rings. The number of hydrogen-bond donors (Lipinski definition) is 2. The highest BCUT2D eigenvalue weighted by atomic mass is 32.1. The molecule has 0 bridgehead atoms. The molecule has 3 aromatic rings.